The highest BCUT2D eigenvalue weighted by atomic mass is 15.3. The highest BCUT2D eigenvalue weighted by molar-refractivity contribution is 5.17. The molecule has 19 heavy (non-hydrogen) atoms. The van der Waals surface area contributed by atoms with Crippen molar-refractivity contribution in [1.82, 2.24) is 24.3 Å². The molecule has 0 unspecified atom stereocenters. The third-order valence-corrected chi connectivity index (χ3v) is 4.36. The van der Waals surface area contributed by atoms with E-state index >= 15 is 0 Å². The summed E-state index contributed by atoms with van der Waals surface area (Å²) in [5, 5.41) is 8.71. The molecule has 4 rings (SSSR count). The first kappa shape index (κ1) is 11.2. The zero-order valence-electron chi connectivity index (χ0n) is 11.2. The van der Waals surface area contributed by atoms with E-state index in [0.29, 0.717) is 0 Å². The van der Waals surface area contributed by atoms with Crippen LogP contribution in [0.15, 0.2) is 6.33 Å². The van der Waals surface area contributed by atoms with Gasteiger partial charge in [0, 0.05) is 18.7 Å². The van der Waals surface area contributed by atoms with Gasteiger partial charge in [0.2, 0.25) is 0 Å². The Morgan fingerprint density at radius 2 is 1.89 bits per heavy atom. The summed E-state index contributed by atoms with van der Waals surface area (Å²) in [6, 6.07) is 0. The van der Waals surface area contributed by atoms with Gasteiger partial charge in [-0.1, -0.05) is 0 Å². The Morgan fingerprint density at radius 1 is 1.00 bits per heavy atom. The smallest absolute Gasteiger partial charge is 0.153 e. The maximum Gasteiger partial charge on any atom is 0.153 e. The van der Waals surface area contributed by atoms with E-state index in [2.05, 4.69) is 24.3 Å². The third-order valence-electron chi connectivity index (χ3n) is 4.36. The Bertz CT molecular complexity index is 543. The summed E-state index contributed by atoms with van der Waals surface area (Å²) in [4.78, 5) is 4.55. The zero-order chi connectivity index (χ0) is 12.7. The molecule has 0 N–H and O–H groups in total. The molecule has 0 aromatic carbocycles. The van der Waals surface area contributed by atoms with Gasteiger partial charge in [0.1, 0.15) is 5.82 Å². The largest absolute Gasteiger partial charge is 0.327 e. The molecule has 0 bridgehead atoms. The van der Waals surface area contributed by atoms with Crippen LogP contribution >= 0.6 is 0 Å². The lowest BCUT2D eigenvalue weighted by molar-refractivity contribution is 0.498. The van der Waals surface area contributed by atoms with Crippen LogP contribution in [0.5, 0.6) is 0 Å². The van der Waals surface area contributed by atoms with Crippen molar-refractivity contribution < 1.29 is 0 Å². The number of hydrogen-bond donors (Lipinski definition) is 0. The average molecular weight is 257 g/mol. The Kier molecular flexibility index (Phi) is 2.64. The Labute approximate surface area is 112 Å². The Morgan fingerprint density at radius 3 is 2.89 bits per heavy atom. The van der Waals surface area contributed by atoms with E-state index in [0.717, 1.165) is 44.0 Å². The molecule has 2 aromatic heterocycles. The molecular formula is C14H19N5. The van der Waals surface area contributed by atoms with Crippen molar-refractivity contribution in [2.24, 2.45) is 0 Å². The van der Waals surface area contributed by atoms with Gasteiger partial charge in [-0.3, -0.25) is 0 Å². The molecule has 100 valence electrons. The molecular weight excluding hydrogens is 238 g/mol. The zero-order valence-corrected chi connectivity index (χ0v) is 11.2. The minimum absolute atomic E-state index is 0.829. The lowest BCUT2D eigenvalue weighted by Crippen LogP contribution is -2.16. The molecule has 1 aliphatic heterocycles. The first-order chi connectivity index (χ1) is 9.42. The summed E-state index contributed by atoms with van der Waals surface area (Å²) in [5.41, 5.74) is 2.71. The van der Waals surface area contributed by atoms with Gasteiger partial charge in [-0.15, -0.1) is 10.2 Å². The minimum atomic E-state index is 0.829. The molecule has 0 saturated heterocycles. The summed E-state index contributed by atoms with van der Waals surface area (Å²) in [5.74, 6) is 2.26. The fourth-order valence-electron chi connectivity index (χ4n) is 3.31. The summed E-state index contributed by atoms with van der Waals surface area (Å²) in [6.07, 6.45) is 10.4. The summed E-state index contributed by atoms with van der Waals surface area (Å²) < 4.78 is 4.58. The summed E-state index contributed by atoms with van der Waals surface area (Å²) >= 11 is 0. The van der Waals surface area contributed by atoms with Gasteiger partial charge in [-0.05, 0) is 38.5 Å². The van der Waals surface area contributed by atoms with Crippen LogP contribution in [-0.4, -0.2) is 24.3 Å². The van der Waals surface area contributed by atoms with E-state index in [1.165, 1.54) is 37.1 Å². The predicted molar refractivity (Wildman–Crippen MR) is 70.9 cm³/mol. The van der Waals surface area contributed by atoms with Gasteiger partial charge in [0.15, 0.2) is 5.82 Å². The van der Waals surface area contributed by atoms with Crippen LogP contribution in [-0.2, 0) is 32.4 Å². The molecule has 5 nitrogen and oxygen atoms in total. The predicted octanol–water partition coefficient (Wildman–Crippen LogP) is 1.74. The average Bonchev–Trinajstić information content (AvgIpc) is 3.05. The van der Waals surface area contributed by atoms with Gasteiger partial charge < -0.3 is 9.13 Å². The standard InChI is InChI=1S/C14H19N5/c1-2-6-12-11(5-1)15-10-18(12)9-14-17-16-13-7-3-4-8-19(13)14/h10H,1-9H2. The van der Waals surface area contributed by atoms with Gasteiger partial charge in [-0.2, -0.15) is 0 Å². The van der Waals surface area contributed by atoms with Gasteiger partial charge >= 0.3 is 0 Å². The lowest BCUT2D eigenvalue weighted by atomic mass is 10.0. The van der Waals surface area contributed by atoms with Crippen molar-refractivity contribution in [3.8, 4) is 0 Å². The topological polar surface area (TPSA) is 48.5 Å². The highest BCUT2D eigenvalue weighted by Gasteiger charge is 2.19. The first-order valence-corrected chi connectivity index (χ1v) is 7.35. The Hall–Kier alpha value is -1.65. The van der Waals surface area contributed by atoms with E-state index < -0.39 is 0 Å². The van der Waals surface area contributed by atoms with Crippen molar-refractivity contribution in [3.63, 3.8) is 0 Å². The molecule has 5 heteroatoms. The van der Waals surface area contributed by atoms with E-state index in [-0.39, 0.29) is 0 Å². The number of fused-ring (bicyclic) bond motifs is 2. The van der Waals surface area contributed by atoms with Crippen LogP contribution in [0.2, 0.25) is 0 Å². The second kappa shape index (κ2) is 4.47. The van der Waals surface area contributed by atoms with Crippen LogP contribution in [0, 0.1) is 0 Å². The number of aromatic nitrogens is 5. The lowest BCUT2D eigenvalue weighted by Gasteiger charge is -2.16. The van der Waals surface area contributed by atoms with Crippen LogP contribution in [0.3, 0.4) is 0 Å². The SMILES string of the molecule is c1nc2c(n1Cc1nnc3n1CCCC3)CCCC2. The molecule has 0 amide bonds. The van der Waals surface area contributed by atoms with Crippen molar-refractivity contribution in [2.75, 3.05) is 0 Å². The molecule has 1 aliphatic carbocycles. The number of hydrogen-bond acceptors (Lipinski definition) is 3. The normalized spacial score (nSPS) is 18.1. The maximum atomic E-state index is 4.55. The number of nitrogens with zero attached hydrogens (tertiary/aromatic N) is 5. The number of aryl methyl sites for hydroxylation is 2. The van der Waals surface area contributed by atoms with Gasteiger partial charge in [0.05, 0.1) is 18.6 Å². The van der Waals surface area contributed by atoms with Crippen LogP contribution in [0.25, 0.3) is 0 Å². The highest BCUT2D eigenvalue weighted by Crippen LogP contribution is 2.21. The van der Waals surface area contributed by atoms with Crippen LogP contribution in [0.1, 0.15) is 48.7 Å². The molecule has 0 spiro atoms. The van der Waals surface area contributed by atoms with E-state index in [1.54, 1.807) is 0 Å². The number of imidazole rings is 1. The van der Waals surface area contributed by atoms with Crippen molar-refractivity contribution in [2.45, 2.75) is 58.0 Å². The van der Waals surface area contributed by atoms with E-state index in [9.17, 15) is 0 Å². The summed E-state index contributed by atoms with van der Waals surface area (Å²) in [6.45, 7) is 1.91. The van der Waals surface area contributed by atoms with E-state index in [1.807, 2.05) is 6.33 Å². The molecule has 2 aromatic rings. The molecule has 0 atom stereocenters. The molecule has 0 saturated carbocycles. The quantitative estimate of drug-likeness (QED) is 0.823. The molecule has 2 aliphatic rings. The van der Waals surface area contributed by atoms with Crippen molar-refractivity contribution >= 4 is 0 Å². The Balaban J connectivity index is 1.64. The second-order valence-corrected chi connectivity index (χ2v) is 5.61. The third kappa shape index (κ3) is 1.88. The summed E-state index contributed by atoms with van der Waals surface area (Å²) in [7, 11) is 0. The maximum absolute atomic E-state index is 4.55. The van der Waals surface area contributed by atoms with Gasteiger partial charge in [0.25, 0.3) is 0 Å². The van der Waals surface area contributed by atoms with Gasteiger partial charge in [-0.25, -0.2) is 4.98 Å². The first-order valence-electron chi connectivity index (χ1n) is 7.35. The fraction of sp³-hybridized carbons (Fsp3) is 0.643. The van der Waals surface area contributed by atoms with Crippen LogP contribution in [0.4, 0.5) is 0 Å². The second-order valence-electron chi connectivity index (χ2n) is 5.61. The van der Waals surface area contributed by atoms with Crippen molar-refractivity contribution in [3.05, 3.63) is 29.4 Å². The molecule has 0 fully saturated rings. The minimum Gasteiger partial charge on any atom is -0.327 e. The number of rotatable bonds is 2. The molecule has 0 radical (unpaired) electrons. The fourth-order valence-corrected chi connectivity index (χ4v) is 3.31. The van der Waals surface area contributed by atoms with Crippen LogP contribution < -0.4 is 0 Å². The monoisotopic (exact) mass is 257 g/mol. The van der Waals surface area contributed by atoms with E-state index in [4.69, 9.17) is 0 Å². The molecule has 3 heterocycles. The van der Waals surface area contributed by atoms with Crippen molar-refractivity contribution in [1.29, 1.82) is 0 Å².